The summed E-state index contributed by atoms with van der Waals surface area (Å²) >= 11 is 2.78. The first-order chi connectivity index (χ1) is 19.7. The predicted octanol–water partition coefficient (Wildman–Crippen LogP) is 3.95. The van der Waals surface area contributed by atoms with Gasteiger partial charge in [0.15, 0.2) is 10.9 Å². The second kappa shape index (κ2) is 11.0. The number of alkyl halides is 1. The number of hydrogen-bond acceptors (Lipinski definition) is 10. The van der Waals surface area contributed by atoms with E-state index in [4.69, 9.17) is 15.1 Å². The maximum atomic E-state index is 13.5. The number of nitriles is 1. The van der Waals surface area contributed by atoms with E-state index in [0.29, 0.717) is 27.7 Å². The summed E-state index contributed by atoms with van der Waals surface area (Å²) in [5, 5.41) is 16.2. The minimum Gasteiger partial charge on any atom is -0.345 e. The number of thiazole rings is 1. The topological polar surface area (TPSA) is 96.9 Å². The van der Waals surface area contributed by atoms with Gasteiger partial charge in [0.05, 0.1) is 25.3 Å². The number of amides is 1. The van der Waals surface area contributed by atoms with Gasteiger partial charge in [-0.1, -0.05) is 29.6 Å². The maximum absolute atomic E-state index is 13.5. The fraction of sp³-hybridized carbons (Fsp3) is 0.444. The Morgan fingerprint density at radius 2 is 1.93 bits per heavy atom. The van der Waals surface area contributed by atoms with Crippen LogP contribution in [0.25, 0.3) is 16.2 Å². The summed E-state index contributed by atoms with van der Waals surface area (Å²) in [4.78, 5) is 31.0. The lowest BCUT2D eigenvalue weighted by Crippen LogP contribution is -2.54. The van der Waals surface area contributed by atoms with Gasteiger partial charge in [-0.2, -0.15) is 9.78 Å². The summed E-state index contributed by atoms with van der Waals surface area (Å²) in [6.07, 6.45) is 0.692. The largest absolute Gasteiger partial charge is 0.345 e. The first-order valence-corrected chi connectivity index (χ1v) is 15.0. The van der Waals surface area contributed by atoms with Gasteiger partial charge >= 0.3 is 0 Å². The third kappa shape index (κ3) is 5.13. The number of carbonyl (C=O) groups excluding carboxylic acids is 1. The van der Waals surface area contributed by atoms with Crippen LogP contribution in [0.15, 0.2) is 24.3 Å². The molecule has 0 bridgehead atoms. The zero-order chi connectivity index (χ0) is 28.8. The van der Waals surface area contributed by atoms with Crippen molar-refractivity contribution < 1.29 is 13.6 Å². The number of aryl methyl sites for hydroxylation is 1. The number of nitrogens with zero attached hydrogens (tertiary/aromatic N) is 9. The lowest BCUT2D eigenvalue weighted by molar-refractivity contribution is -0.139. The van der Waals surface area contributed by atoms with Crippen LogP contribution < -0.4 is 9.80 Å². The van der Waals surface area contributed by atoms with Crippen molar-refractivity contribution in [1.82, 2.24) is 29.4 Å². The Morgan fingerprint density at radius 3 is 2.61 bits per heavy atom. The third-order valence-corrected chi connectivity index (χ3v) is 9.65. The van der Waals surface area contributed by atoms with E-state index in [0.717, 1.165) is 41.1 Å². The highest BCUT2D eigenvalue weighted by molar-refractivity contribution is 7.20. The molecule has 2 aliphatic rings. The molecule has 1 aromatic carbocycles. The first-order valence-electron chi connectivity index (χ1n) is 13.4. The van der Waals surface area contributed by atoms with Crippen LogP contribution in [0.5, 0.6) is 0 Å². The predicted molar refractivity (Wildman–Crippen MR) is 155 cm³/mol. The third-order valence-electron chi connectivity index (χ3n) is 7.64. The van der Waals surface area contributed by atoms with Gasteiger partial charge < -0.3 is 14.7 Å². The fourth-order valence-electron chi connectivity index (χ4n) is 5.24. The normalized spacial score (nSPS) is 17.4. The molecule has 14 heteroatoms. The molecule has 3 aromatic heterocycles. The number of aromatic nitrogens is 4. The number of hydrogen-bond donors (Lipinski definition) is 0. The number of benzene rings is 1. The van der Waals surface area contributed by atoms with Crippen molar-refractivity contribution in [3.05, 3.63) is 40.7 Å². The van der Waals surface area contributed by atoms with Gasteiger partial charge in [-0.3, -0.25) is 9.69 Å². The Hall–Kier alpha value is -3.67. The van der Waals surface area contributed by atoms with Gasteiger partial charge in [0, 0.05) is 31.7 Å². The van der Waals surface area contributed by atoms with Crippen molar-refractivity contribution in [3.63, 3.8) is 0 Å². The summed E-state index contributed by atoms with van der Waals surface area (Å²) in [6.45, 7) is 4.25. The molecule has 0 aliphatic carbocycles. The zero-order valence-corrected chi connectivity index (χ0v) is 24.6. The van der Waals surface area contributed by atoms with E-state index in [1.165, 1.54) is 34.8 Å². The monoisotopic (exact) mass is 597 g/mol. The van der Waals surface area contributed by atoms with Crippen molar-refractivity contribution in [1.29, 1.82) is 5.26 Å². The van der Waals surface area contributed by atoms with Gasteiger partial charge in [0.1, 0.15) is 28.6 Å². The van der Waals surface area contributed by atoms with E-state index in [2.05, 4.69) is 15.9 Å². The van der Waals surface area contributed by atoms with Gasteiger partial charge in [0.25, 0.3) is 0 Å². The van der Waals surface area contributed by atoms with Crippen molar-refractivity contribution in [2.75, 3.05) is 56.6 Å². The number of anilines is 3. The number of carbonyl (C=O) groups is 1. The van der Waals surface area contributed by atoms with Crippen molar-refractivity contribution in [2.45, 2.75) is 32.0 Å². The SMILES string of the molecule is CCc1nc2sc(N3CCC(N(C)CC(=O)N4CC(F)C4)C3)nn2c1N(C)c1nc(-c2ccc(F)cc2)c(C#N)s1. The van der Waals surface area contributed by atoms with Crippen LogP contribution in [0, 0.1) is 17.1 Å². The smallest absolute Gasteiger partial charge is 0.236 e. The molecule has 5 heterocycles. The van der Waals surface area contributed by atoms with Gasteiger partial charge in [-0.15, -0.1) is 5.10 Å². The Kier molecular flexibility index (Phi) is 7.35. The summed E-state index contributed by atoms with van der Waals surface area (Å²) in [6, 6.07) is 8.38. The average molecular weight is 598 g/mol. The van der Waals surface area contributed by atoms with Crippen LogP contribution >= 0.6 is 22.7 Å². The molecule has 0 radical (unpaired) electrons. The molecule has 0 spiro atoms. The molecule has 1 amide bonds. The van der Waals surface area contributed by atoms with E-state index >= 15 is 0 Å². The second-order valence-corrected chi connectivity index (χ2v) is 12.3. The van der Waals surface area contributed by atoms with Crippen molar-refractivity contribution in [2.24, 2.45) is 0 Å². The van der Waals surface area contributed by atoms with E-state index in [1.807, 2.05) is 30.4 Å². The molecule has 0 saturated carbocycles. The number of imidazole rings is 1. The number of halogens is 2. The quantitative estimate of drug-likeness (QED) is 0.301. The van der Waals surface area contributed by atoms with E-state index in [-0.39, 0.29) is 37.4 Å². The Morgan fingerprint density at radius 1 is 1.17 bits per heavy atom. The van der Waals surface area contributed by atoms with Crippen LogP contribution in [-0.4, -0.2) is 94.3 Å². The maximum Gasteiger partial charge on any atom is 0.236 e. The minimum atomic E-state index is -0.895. The highest BCUT2D eigenvalue weighted by Gasteiger charge is 2.34. The van der Waals surface area contributed by atoms with Gasteiger partial charge in [0.2, 0.25) is 16.0 Å². The molecule has 10 nitrogen and oxygen atoms in total. The molecule has 0 N–H and O–H groups in total. The molecule has 2 fully saturated rings. The standard InChI is InChI=1S/C27H29F2N9OS2/c1-4-20-24(35(3)25-32-23(21(11-30)40-25)16-5-7-17(28)8-6-16)38-26(31-20)41-27(33-38)36-10-9-19(14-36)34(2)15-22(39)37-12-18(29)13-37/h5-8,18-19H,4,9-10,12-15H2,1-3H3. The molecule has 4 aromatic rings. The molecule has 2 aliphatic heterocycles. The van der Waals surface area contributed by atoms with Crippen LogP contribution in [0.2, 0.25) is 0 Å². The second-order valence-electron chi connectivity index (χ2n) is 10.4. The number of fused-ring (bicyclic) bond motifs is 1. The van der Waals surface area contributed by atoms with Crippen LogP contribution in [-0.2, 0) is 11.2 Å². The molecule has 2 saturated heterocycles. The summed E-state index contributed by atoms with van der Waals surface area (Å²) in [5.74, 6) is 0.408. The van der Waals surface area contributed by atoms with E-state index < -0.39 is 6.17 Å². The van der Waals surface area contributed by atoms with Crippen molar-refractivity contribution >= 4 is 49.6 Å². The highest BCUT2D eigenvalue weighted by atomic mass is 32.1. The Balaban J connectivity index is 1.22. The molecule has 1 atom stereocenters. The number of rotatable bonds is 8. The molecule has 6 rings (SSSR count). The minimum absolute atomic E-state index is 0.0309. The lowest BCUT2D eigenvalue weighted by Gasteiger charge is -2.36. The zero-order valence-electron chi connectivity index (χ0n) is 22.9. The van der Waals surface area contributed by atoms with Crippen LogP contribution in [0.3, 0.4) is 0 Å². The Bertz CT molecular complexity index is 1620. The van der Waals surface area contributed by atoms with E-state index in [1.54, 1.807) is 17.0 Å². The summed E-state index contributed by atoms with van der Waals surface area (Å²) < 4.78 is 28.5. The molecular formula is C27H29F2N9OS2. The number of likely N-dealkylation sites (tertiary alicyclic amines) is 1. The first kappa shape index (κ1) is 27.5. The molecule has 41 heavy (non-hydrogen) atoms. The molecular weight excluding hydrogens is 568 g/mol. The summed E-state index contributed by atoms with van der Waals surface area (Å²) in [5.41, 5.74) is 2.06. The molecule has 214 valence electrons. The van der Waals surface area contributed by atoms with Crippen molar-refractivity contribution in [3.8, 4) is 17.3 Å². The average Bonchev–Trinajstić information content (AvgIpc) is 3.73. The van der Waals surface area contributed by atoms with Gasteiger partial charge in [-0.05, 0) is 44.2 Å². The lowest BCUT2D eigenvalue weighted by atomic mass is 10.1. The van der Waals surface area contributed by atoms with Crippen LogP contribution in [0.1, 0.15) is 23.9 Å². The summed E-state index contributed by atoms with van der Waals surface area (Å²) in [7, 11) is 3.83. The number of likely N-dealkylation sites (N-methyl/N-ethyl adjacent to an activating group) is 1. The molecule has 1 unspecified atom stereocenters. The van der Waals surface area contributed by atoms with E-state index in [9.17, 15) is 18.8 Å². The van der Waals surface area contributed by atoms with Crippen LogP contribution in [0.4, 0.5) is 24.9 Å². The fourth-order valence-corrected chi connectivity index (χ4v) is 7.04. The Labute approximate surface area is 244 Å². The highest BCUT2D eigenvalue weighted by Crippen LogP contribution is 2.38. The van der Waals surface area contributed by atoms with Gasteiger partial charge in [-0.25, -0.2) is 18.7 Å².